The molecule has 1 amide bonds. The van der Waals surface area contributed by atoms with Crippen LogP contribution in [0.25, 0.3) is 0 Å². The molecule has 0 spiro atoms. The van der Waals surface area contributed by atoms with Crippen LogP contribution in [0.1, 0.15) is 22.8 Å². The highest BCUT2D eigenvalue weighted by atomic mass is 19.1. The standard InChI is InChI=1S/C17H16FNO3/c1-12(20)14-3-2-4-16(9-14)22-11-17(21)19-10-13-5-7-15(18)8-6-13/h2-9H,10-11H2,1H3,(H,19,21). The fraction of sp³-hybridized carbons (Fsp3) is 0.176. The van der Waals surface area contributed by atoms with Crippen molar-refractivity contribution in [3.05, 3.63) is 65.5 Å². The molecule has 5 heteroatoms. The number of Topliss-reactive ketones (excluding diaryl/α,β-unsaturated/α-hetero) is 1. The molecule has 114 valence electrons. The molecule has 0 bridgehead atoms. The van der Waals surface area contributed by atoms with Crippen LogP contribution in [0.3, 0.4) is 0 Å². The largest absolute Gasteiger partial charge is 0.484 e. The molecule has 0 aliphatic heterocycles. The molecule has 22 heavy (non-hydrogen) atoms. The third-order valence-corrected chi connectivity index (χ3v) is 3.01. The Kier molecular flexibility index (Phi) is 5.25. The Morgan fingerprint density at radius 2 is 1.86 bits per heavy atom. The number of ketones is 1. The average Bonchev–Trinajstić information content (AvgIpc) is 2.52. The van der Waals surface area contributed by atoms with Crippen LogP contribution >= 0.6 is 0 Å². The number of carbonyl (C=O) groups excluding carboxylic acids is 2. The molecule has 0 atom stereocenters. The lowest BCUT2D eigenvalue weighted by Crippen LogP contribution is -2.28. The third kappa shape index (κ3) is 4.70. The Morgan fingerprint density at radius 1 is 1.14 bits per heavy atom. The Bertz CT molecular complexity index is 668. The summed E-state index contributed by atoms with van der Waals surface area (Å²) in [5.41, 5.74) is 1.33. The van der Waals surface area contributed by atoms with Crippen molar-refractivity contribution in [3.8, 4) is 5.75 Å². The molecular formula is C17H16FNO3. The maximum Gasteiger partial charge on any atom is 0.258 e. The van der Waals surface area contributed by atoms with E-state index in [1.165, 1.54) is 19.1 Å². The van der Waals surface area contributed by atoms with Gasteiger partial charge >= 0.3 is 0 Å². The van der Waals surface area contributed by atoms with E-state index in [4.69, 9.17) is 4.74 Å². The van der Waals surface area contributed by atoms with Crippen molar-refractivity contribution in [1.29, 1.82) is 0 Å². The number of amides is 1. The number of carbonyl (C=O) groups is 2. The van der Waals surface area contributed by atoms with E-state index in [2.05, 4.69) is 5.32 Å². The average molecular weight is 301 g/mol. The third-order valence-electron chi connectivity index (χ3n) is 3.01. The monoisotopic (exact) mass is 301 g/mol. The Labute approximate surface area is 127 Å². The summed E-state index contributed by atoms with van der Waals surface area (Å²) in [6.07, 6.45) is 0. The lowest BCUT2D eigenvalue weighted by Gasteiger charge is -2.08. The van der Waals surface area contributed by atoms with Crippen LogP contribution in [0.5, 0.6) is 5.75 Å². The van der Waals surface area contributed by atoms with Gasteiger partial charge in [-0.1, -0.05) is 24.3 Å². The zero-order valence-corrected chi connectivity index (χ0v) is 12.1. The van der Waals surface area contributed by atoms with Crippen molar-refractivity contribution in [2.45, 2.75) is 13.5 Å². The molecule has 0 saturated carbocycles. The number of hydrogen-bond acceptors (Lipinski definition) is 3. The molecule has 0 unspecified atom stereocenters. The molecule has 0 radical (unpaired) electrons. The number of rotatable bonds is 6. The molecule has 0 aliphatic carbocycles. The minimum Gasteiger partial charge on any atom is -0.484 e. The minimum atomic E-state index is -0.316. The second-order valence-corrected chi connectivity index (χ2v) is 4.78. The smallest absolute Gasteiger partial charge is 0.258 e. The first-order valence-corrected chi connectivity index (χ1v) is 6.79. The molecule has 2 rings (SSSR count). The van der Waals surface area contributed by atoms with Gasteiger partial charge in [0.15, 0.2) is 12.4 Å². The van der Waals surface area contributed by atoms with Crippen molar-refractivity contribution >= 4 is 11.7 Å². The van der Waals surface area contributed by atoms with E-state index in [1.807, 2.05) is 0 Å². The van der Waals surface area contributed by atoms with Gasteiger partial charge in [-0.05, 0) is 36.8 Å². The Hall–Kier alpha value is -2.69. The molecule has 0 fully saturated rings. The number of benzene rings is 2. The van der Waals surface area contributed by atoms with Gasteiger partial charge in [0.2, 0.25) is 0 Å². The molecule has 1 N–H and O–H groups in total. The maximum absolute atomic E-state index is 12.8. The van der Waals surface area contributed by atoms with E-state index in [0.29, 0.717) is 17.9 Å². The van der Waals surface area contributed by atoms with Gasteiger partial charge in [-0.3, -0.25) is 9.59 Å². The summed E-state index contributed by atoms with van der Waals surface area (Å²) < 4.78 is 18.1. The lowest BCUT2D eigenvalue weighted by molar-refractivity contribution is -0.123. The van der Waals surface area contributed by atoms with Gasteiger partial charge in [-0.25, -0.2) is 4.39 Å². The van der Waals surface area contributed by atoms with Crippen molar-refractivity contribution < 1.29 is 18.7 Å². The van der Waals surface area contributed by atoms with Crippen LogP contribution in [0.4, 0.5) is 4.39 Å². The van der Waals surface area contributed by atoms with Crippen LogP contribution in [0, 0.1) is 5.82 Å². The maximum atomic E-state index is 12.8. The molecule has 2 aromatic carbocycles. The van der Waals surface area contributed by atoms with Crippen LogP contribution < -0.4 is 10.1 Å². The van der Waals surface area contributed by atoms with Gasteiger partial charge in [0, 0.05) is 12.1 Å². The number of ether oxygens (including phenoxy) is 1. The molecule has 0 aliphatic rings. The Morgan fingerprint density at radius 3 is 2.55 bits per heavy atom. The minimum absolute atomic E-state index is 0.0637. The summed E-state index contributed by atoms with van der Waals surface area (Å²) in [5.74, 6) is -0.211. The van der Waals surface area contributed by atoms with Crippen molar-refractivity contribution in [3.63, 3.8) is 0 Å². The summed E-state index contributed by atoms with van der Waals surface area (Å²) in [5, 5.41) is 2.67. The van der Waals surface area contributed by atoms with Crippen LogP contribution in [-0.2, 0) is 11.3 Å². The summed E-state index contributed by atoms with van der Waals surface area (Å²) in [6, 6.07) is 12.5. The molecule has 0 aromatic heterocycles. The van der Waals surface area contributed by atoms with Gasteiger partial charge in [0.1, 0.15) is 11.6 Å². The van der Waals surface area contributed by atoms with E-state index in [0.717, 1.165) is 5.56 Å². The van der Waals surface area contributed by atoms with Crippen molar-refractivity contribution in [2.24, 2.45) is 0 Å². The molecule has 0 saturated heterocycles. The number of halogens is 1. The zero-order valence-electron chi connectivity index (χ0n) is 12.1. The van der Waals surface area contributed by atoms with E-state index in [1.54, 1.807) is 36.4 Å². The van der Waals surface area contributed by atoms with Gasteiger partial charge in [0.05, 0.1) is 0 Å². The fourth-order valence-electron chi connectivity index (χ4n) is 1.81. The summed E-state index contributed by atoms with van der Waals surface area (Å²) in [4.78, 5) is 23.0. The second kappa shape index (κ2) is 7.36. The first-order chi connectivity index (χ1) is 10.5. The molecule has 4 nitrogen and oxygen atoms in total. The van der Waals surface area contributed by atoms with E-state index < -0.39 is 0 Å². The van der Waals surface area contributed by atoms with Gasteiger partial charge in [-0.15, -0.1) is 0 Å². The summed E-state index contributed by atoms with van der Waals surface area (Å²) >= 11 is 0. The second-order valence-electron chi connectivity index (χ2n) is 4.78. The Balaban J connectivity index is 1.81. The predicted octanol–water partition coefficient (Wildman–Crippen LogP) is 2.72. The van der Waals surface area contributed by atoms with Crippen LogP contribution in [-0.4, -0.2) is 18.3 Å². The first kappa shape index (κ1) is 15.7. The predicted molar refractivity (Wildman–Crippen MR) is 80.2 cm³/mol. The van der Waals surface area contributed by atoms with Gasteiger partial charge in [0.25, 0.3) is 5.91 Å². The topological polar surface area (TPSA) is 55.4 Å². The molecule has 2 aromatic rings. The molecular weight excluding hydrogens is 285 g/mol. The van der Waals surface area contributed by atoms with Crippen LogP contribution in [0.15, 0.2) is 48.5 Å². The highest BCUT2D eigenvalue weighted by Gasteiger charge is 2.05. The SMILES string of the molecule is CC(=O)c1cccc(OCC(=O)NCc2ccc(F)cc2)c1. The van der Waals surface area contributed by atoms with E-state index >= 15 is 0 Å². The normalized spacial score (nSPS) is 10.1. The van der Waals surface area contributed by atoms with E-state index in [9.17, 15) is 14.0 Å². The summed E-state index contributed by atoms with van der Waals surface area (Å²) in [7, 11) is 0. The quantitative estimate of drug-likeness (QED) is 0.835. The highest BCUT2D eigenvalue weighted by molar-refractivity contribution is 5.94. The van der Waals surface area contributed by atoms with Gasteiger partial charge < -0.3 is 10.1 Å². The van der Waals surface area contributed by atoms with E-state index in [-0.39, 0.29) is 24.1 Å². The van der Waals surface area contributed by atoms with Gasteiger partial charge in [-0.2, -0.15) is 0 Å². The highest BCUT2D eigenvalue weighted by Crippen LogP contribution is 2.13. The fourth-order valence-corrected chi connectivity index (χ4v) is 1.81. The summed E-state index contributed by atoms with van der Waals surface area (Å²) in [6.45, 7) is 1.62. The zero-order chi connectivity index (χ0) is 15.9. The lowest BCUT2D eigenvalue weighted by atomic mass is 10.1. The number of hydrogen-bond donors (Lipinski definition) is 1. The first-order valence-electron chi connectivity index (χ1n) is 6.79. The molecule has 0 heterocycles. The number of nitrogens with one attached hydrogen (secondary N) is 1. The van der Waals surface area contributed by atoms with Crippen molar-refractivity contribution in [1.82, 2.24) is 5.32 Å². The van der Waals surface area contributed by atoms with Crippen LogP contribution in [0.2, 0.25) is 0 Å². The van der Waals surface area contributed by atoms with Crippen molar-refractivity contribution in [2.75, 3.05) is 6.61 Å².